The zero-order valence-electron chi connectivity index (χ0n) is 11.2. The number of carbonyl (C=O) groups is 1. The molecule has 2 aromatic rings. The van der Waals surface area contributed by atoms with E-state index in [4.69, 9.17) is 5.11 Å². The van der Waals surface area contributed by atoms with E-state index in [9.17, 15) is 4.79 Å². The SMILES string of the molecule is CC(C)(C)C(CC(=O)O)Nc1ncnc2ccsc12. The van der Waals surface area contributed by atoms with Gasteiger partial charge in [-0.15, -0.1) is 11.3 Å². The first-order valence-corrected chi connectivity index (χ1v) is 6.92. The average Bonchev–Trinajstić information content (AvgIpc) is 2.75. The minimum Gasteiger partial charge on any atom is -0.481 e. The van der Waals surface area contributed by atoms with E-state index in [0.717, 1.165) is 10.2 Å². The number of hydrogen-bond donors (Lipinski definition) is 2. The zero-order valence-corrected chi connectivity index (χ0v) is 12.0. The molecule has 1 atom stereocenters. The van der Waals surface area contributed by atoms with Crippen LogP contribution >= 0.6 is 11.3 Å². The molecule has 0 saturated heterocycles. The summed E-state index contributed by atoms with van der Waals surface area (Å²) >= 11 is 1.55. The molecule has 0 radical (unpaired) electrons. The molecule has 2 rings (SSSR count). The van der Waals surface area contributed by atoms with Crippen molar-refractivity contribution in [2.24, 2.45) is 5.41 Å². The number of fused-ring (bicyclic) bond motifs is 1. The molecule has 2 N–H and O–H groups in total. The van der Waals surface area contributed by atoms with Crippen molar-refractivity contribution in [3.8, 4) is 0 Å². The van der Waals surface area contributed by atoms with Crippen molar-refractivity contribution in [2.75, 3.05) is 5.32 Å². The first kappa shape index (κ1) is 13.7. The van der Waals surface area contributed by atoms with Crippen LogP contribution in [0.2, 0.25) is 0 Å². The fourth-order valence-corrected chi connectivity index (χ4v) is 2.60. The van der Waals surface area contributed by atoms with E-state index in [1.807, 2.05) is 32.2 Å². The van der Waals surface area contributed by atoms with Gasteiger partial charge in [-0.2, -0.15) is 0 Å². The van der Waals surface area contributed by atoms with Gasteiger partial charge in [-0.1, -0.05) is 20.8 Å². The predicted octanol–water partition coefficient (Wildman–Crippen LogP) is 2.99. The number of rotatable bonds is 4. The molecule has 0 aliphatic rings. The number of carboxylic acids is 1. The highest BCUT2D eigenvalue weighted by Gasteiger charge is 2.27. The Morgan fingerprint density at radius 2 is 2.21 bits per heavy atom. The fraction of sp³-hybridized carbons (Fsp3) is 0.462. The molecule has 6 heteroatoms. The third-order valence-electron chi connectivity index (χ3n) is 2.98. The lowest BCUT2D eigenvalue weighted by Crippen LogP contribution is -2.36. The Hall–Kier alpha value is -1.69. The van der Waals surface area contributed by atoms with Crippen molar-refractivity contribution in [1.82, 2.24) is 9.97 Å². The molecule has 0 spiro atoms. The van der Waals surface area contributed by atoms with Crippen LogP contribution in [0.15, 0.2) is 17.8 Å². The van der Waals surface area contributed by atoms with Crippen LogP contribution in [0.5, 0.6) is 0 Å². The van der Waals surface area contributed by atoms with Gasteiger partial charge in [0.15, 0.2) is 0 Å². The van der Waals surface area contributed by atoms with E-state index in [1.54, 1.807) is 11.3 Å². The molecule has 2 heterocycles. The summed E-state index contributed by atoms with van der Waals surface area (Å²) in [7, 11) is 0. The van der Waals surface area contributed by atoms with Gasteiger partial charge in [0.25, 0.3) is 0 Å². The Bertz CT molecular complexity index is 589. The summed E-state index contributed by atoms with van der Waals surface area (Å²) in [6, 6.07) is 1.74. The minimum atomic E-state index is -0.816. The van der Waals surface area contributed by atoms with Crippen LogP contribution in [0.4, 0.5) is 5.82 Å². The normalized spacial score (nSPS) is 13.4. The Morgan fingerprint density at radius 1 is 1.47 bits per heavy atom. The van der Waals surface area contributed by atoms with Crippen LogP contribution in [0.1, 0.15) is 27.2 Å². The molecule has 5 nitrogen and oxygen atoms in total. The van der Waals surface area contributed by atoms with Crippen LogP contribution in [0, 0.1) is 5.41 Å². The zero-order chi connectivity index (χ0) is 14.0. The second-order valence-electron chi connectivity index (χ2n) is 5.52. The van der Waals surface area contributed by atoms with Gasteiger partial charge in [0.05, 0.1) is 16.6 Å². The molecule has 0 amide bonds. The molecule has 0 aliphatic heterocycles. The molecule has 0 bridgehead atoms. The van der Waals surface area contributed by atoms with Gasteiger partial charge >= 0.3 is 5.97 Å². The lowest BCUT2D eigenvalue weighted by Gasteiger charge is -2.30. The monoisotopic (exact) mass is 279 g/mol. The van der Waals surface area contributed by atoms with Gasteiger partial charge < -0.3 is 10.4 Å². The molecule has 0 aromatic carbocycles. The van der Waals surface area contributed by atoms with Crippen molar-refractivity contribution in [3.05, 3.63) is 17.8 Å². The Kier molecular flexibility index (Phi) is 3.71. The summed E-state index contributed by atoms with van der Waals surface area (Å²) in [5, 5.41) is 14.2. The molecule has 0 aliphatic carbocycles. The summed E-state index contributed by atoms with van der Waals surface area (Å²) in [6.45, 7) is 6.04. The molecular formula is C13H17N3O2S. The van der Waals surface area contributed by atoms with E-state index < -0.39 is 5.97 Å². The molecule has 19 heavy (non-hydrogen) atoms. The van der Waals surface area contributed by atoms with Crippen molar-refractivity contribution < 1.29 is 9.90 Å². The van der Waals surface area contributed by atoms with E-state index in [1.165, 1.54) is 6.33 Å². The molecule has 0 saturated carbocycles. The van der Waals surface area contributed by atoms with Crippen molar-refractivity contribution >= 4 is 33.3 Å². The maximum absolute atomic E-state index is 11.0. The number of nitrogens with one attached hydrogen (secondary N) is 1. The van der Waals surface area contributed by atoms with E-state index in [0.29, 0.717) is 5.82 Å². The summed E-state index contributed by atoms with van der Waals surface area (Å²) in [5.41, 5.74) is 0.706. The molecule has 2 aromatic heterocycles. The van der Waals surface area contributed by atoms with E-state index >= 15 is 0 Å². The van der Waals surface area contributed by atoms with Gasteiger partial charge in [0.2, 0.25) is 0 Å². The average molecular weight is 279 g/mol. The molecular weight excluding hydrogens is 262 g/mol. The summed E-state index contributed by atoms with van der Waals surface area (Å²) in [5.74, 6) is -0.106. The third kappa shape index (κ3) is 3.20. The number of aliphatic carboxylic acids is 1. The lowest BCUT2D eigenvalue weighted by atomic mass is 9.85. The molecule has 1 unspecified atom stereocenters. The third-order valence-corrected chi connectivity index (χ3v) is 3.89. The second kappa shape index (κ2) is 5.13. The number of nitrogens with zero attached hydrogens (tertiary/aromatic N) is 2. The Morgan fingerprint density at radius 3 is 2.84 bits per heavy atom. The predicted molar refractivity (Wildman–Crippen MR) is 76.5 cm³/mol. The maximum atomic E-state index is 11.0. The smallest absolute Gasteiger partial charge is 0.305 e. The molecule has 0 fully saturated rings. The first-order chi connectivity index (χ1) is 8.88. The van der Waals surface area contributed by atoms with Crippen molar-refractivity contribution in [1.29, 1.82) is 0 Å². The van der Waals surface area contributed by atoms with Gasteiger partial charge in [0.1, 0.15) is 12.1 Å². The lowest BCUT2D eigenvalue weighted by molar-refractivity contribution is -0.137. The first-order valence-electron chi connectivity index (χ1n) is 6.04. The van der Waals surface area contributed by atoms with Crippen LogP contribution in [0.25, 0.3) is 10.2 Å². The summed E-state index contributed by atoms with van der Waals surface area (Å²) in [6.07, 6.45) is 1.55. The highest BCUT2D eigenvalue weighted by atomic mass is 32.1. The standard InChI is InChI=1S/C13H17N3O2S/c1-13(2,3)9(6-10(17)18)16-12-11-8(4-5-19-11)14-7-15-12/h4-5,7,9H,6H2,1-3H3,(H,17,18)(H,14,15,16). The summed E-state index contributed by atoms with van der Waals surface area (Å²) < 4.78 is 0.960. The van der Waals surface area contributed by atoms with Crippen molar-refractivity contribution in [3.63, 3.8) is 0 Å². The Labute approximate surface area is 115 Å². The van der Waals surface area contributed by atoms with Crippen LogP contribution in [-0.2, 0) is 4.79 Å². The van der Waals surface area contributed by atoms with E-state index in [-0.39, 0.29) is 17.9 Å². The Balaban J connectivity index is 2.30. The van der Waals surface area contributed by atoms with Crippen LogP contribution < -0.4 is 5.32 Å². The number of thiophene rings is 1. The van der Waals surface area contributed by atoms with E-state index in [2.05, 4.69) is 15.3 Å². The number of hydrogen-bond acceptors (Lipinski definition) is 5. The van der Waals surface area contributed by atoms with Gasteiger partial charge in [0, 0.05) is 6.04 Å². The fourth-order valence-electron chi connectivity index (χ4n) is 1.80. The van der Waals surface area contributed by atoms with Crippen LogP contribution in [-0.4, -0.2) is 27.1 Å². The molecule has 102 valence electrons. The van der Waals surface area contributed by atoms with Crippen molar-refractivity contribution in [2.45, 2.75) is 33.2 Å². The topological polar surface area (TPSA) is 75.1 Å². The number of anilines is 1. The maximum Gasteiger partial charge on any atom is 0.305 e. The number of aromatic nitrogens is 2. The summed E-state index contributed by atoms with van der Waals surface area (Å²) in [4.78, 5) is 19.4. The van der Waals surface area contributed by atoms with Gasteiger partial charge in [-0.25, -0.2) is 9.97 Å². The highest BCUT2D eigenvalue weighted by molar-refractivity contribution is 7.17. The second-order valence-corrected chi connectivity index (χ2v) is 6.43. The van der Waals surface area contributed by atoms with Gasteiger partial charge in [-0.05, 0) is 16.9 Å². The largest absolute Gasteiger partial charge is 0.481 e. The highest BCUT2D eigenvalue weighted by Crippen LogP contribution is 2.30. The van der Waals surface area contributed by atoms with Gasteiger partial charge in [-0.3, -0.25) is 4.79 Å². The number of carboxylic acid groups (broad SMARTS) is 1. The quantitative estimate of drug-likeness (QED) is 0.900. The van der Waals surface area contributed by atoms with Crippen LogP contribution in [0.3, 0.4) is 0 Å². The minimum absolute atomic E-state index is 0.0559.